The van der Waals surface area contributed by atoms with Gasteiger partial charge in [0.15, 0.2) is 0 Å². The first-order valence-corrected chi connectivity index (χ1v) is 24.0. The van der Waals surface area contributed by atoms with Gasteiger partial charge in [-0.1, -0.05) is 118 Å². The molecular weight excluding hydrogens is 893 g/mol. The molecule has 0 atom stereocenters. The Kier molecular flexibility index (Phi) is 11.0. The van der Waals surface area contributed by atoms with E-state index >= 15 is 0 Å². The predicted octanol–water partition coefficient (Wildman–Crippen LogP) is 17.2. The summed E-state index contributed by atoms with van der Waals surface area (Å²) in [5.74, 6) is 1.44. The van der Waals surface area contributed by atoms with Gasteiger partial charge in [-0.15, -0.1) is 0 Å². The van der Waals surface area contributed by atoms with Gasteiger partial charge in [-0.05, 0) is 122 Å². The Balaban J connectivity index is 1.09. The summed E-state index contributed by atoms with van der Waals surface area (Å²) < 4.78 is 42.4. The molecule has 0 amide bonds. The lowest BCUT2D eigenvalue weighted by atomic mass is 9.88. The molecule has 3 heterocycles. The topological polar surface area (TPSA) is 36.3 Å². The van der Waals surface area contributed by atoms with E-state index in [1.807, 2.05) is 85.1 Å². The molecule has 0 fully saturated rings. The zero-order valence-corrected chi connectivity index (χ0v) is 39.8. The van der Waals surface area contributed by atoms with E-state index in [2.05, 4.69) is 142 Å². The summed E-state index contributed by atoms with van der Waals surface area (Å²) in [6.07, 6.45) is 1.89. The fourth-order valence-electron chi connectivity index (χ4n) is 9.82. The first kappa shape index (κ1) is 44.0. The van der Waals surface area contributed by atoms with Crippen molar-refractivity contribution in [2.75, 3.05) is 4.90 Å². The largest absolute Gasteiger partial charge is 0.503 e. The molecule has 0 bridgehead atoms. The first-order chi connectivity index (χ1) is 35.1. The van der Waals surface area contributed by atoms with Crippen LogP contribution >= 0.6 is 0 Å². The second-order valence-electron chi connectivity index (χ2n) is 19.0. The van der Waals surface area contributed by atoms with Crippen LogP contribution in [-0.4, -0.2) is 15.6 Å². The molecule has 0 saturated carbocycles. The van der Waals surface area contributed by atoms with Gasteiger partial charge >= 0.3 is 6.01 Å². The quantitative estimate of drug-likeness (QED) is 0.128. The number of benzene rings is 9. The number of hydrogen-bond acceptors (Lipinski definition) is 3. The highest BCUT2D eigenvalue weighted by Crippen LogP contribution is 2.47. The predicted molar refractivity (Wildman–Crippen MR) is 290 cm³/mol. The SMILES string of the molecule is CC(C)(C)c1ccnc(-n2c3ccccc3c3ccc(Oc4cc(N(c5ccccc5)c5ccccc5)cc([N+]5=C=[N+](c6c(-c7ccc(F)cc7)cccc6-c6ccc(F)cc6)c6ccccc65)c4)cc32)c1. The van der Waals surface area contributed by atoms with Crippen molar-refractivity contribution in [3.63, 3.8) is 0 Å². The van der Waals surface area contributed by atoms with Crippen LogP contribution in [0.25, 0.3) is 49.9 Å². The van der Waals surface area contributed by atoms with Gasteiger partial charge < -0.3 is 9.64 Å². The lowest BCUT2D eigenvalue weighted by molar-refractivity contribution is 0.483. The van der Waals surface area contributed by atoms with Crippen LogP contribution in [0.5, 0.6) is 11.5 Å². The Hall–Kier alpha value is -9.23. The molecule has 11 aromatic rings. The van der Waals surface area contributed by atoms with Gasteiger partial charge in [0.05, 0.1) is 33.9 Å². The van der Waals surface area contributed by atoms with Gasteiger partial charge in [0, 0.05) is 58.7 Å². The average molecular weight is 940 g/mol. The molecule has 0 radical (unpaired) electrons. The second-order valence-corrected chi connectivity index (χ2v) is 19.0. The van der Waals surface area contributed by atoms with Crippen molar-refractivity contribution in [1.29, 1.82) is 0 Å². The molecule has 0 saturated heterocycles. The molecule has 6 nitrogen and oxygen atoms in total. The molecule has 0 unspecified atom stereocenters. The highest BCUT2D eigenvalue weighted by atomic mass is 19.1. The van der Waals surface area contributed by atoms with Crippen LogP contribution < -0.4 is 18.8 Å². The lowest BCUT2D eigenvalue weighted by Crippen LogP contribution is -2.12. The summed E-state index contributed by atoms with van der Waals surface area (Å²) in [7, 11) is 0. The minimum Gasteiger partial charge on any atom is -0.457 e. The van der Waals surface area contributed by atoms with Crippen molar-refractivity contribution in [2.24, 2.45) is 0 Å². The van der Waals surface area contributed by atoms with Crippen molar-refractivity contribution in [3.8, 4) is 39.6 Å². The standard InChI is InChI=1S/C64H47F2N5O/c1-64(2,3)45-35-36-67-62(37-45)71-58-22-11-10-19-56(58)57-34-33-52(41-61(57)71)72-53-39-50(38-51(40-53)70(48-15-6-4-7-16-48)49-17-8-5-9-18-49)68-42-69(60-24-13-12-23-59(60)68)63-54(43-25-29-46(65)30-26-43)20-14-21-55(63)44-27-31-47(66)32-28-44/h4-41H,1-3H3/q+2. The Morgan fingerprint density at radius 3 is 1.72 bits per heavy atom. The van der Waals surface area contributed by atoms with Crippen LogP contribution in [0, 0.1) is 11.6 Å². The van der Waals surface area contributed by atoms with Gasteiger partial charge in [-0.25, -0.2) is 13.8 Å². The summed E-state index contributed by atoms with van der Waals surface area (Å²) in [4.78, 5) is 7.15. The maximum Gasteiger partial charge on any atom is 0.503 e. The molecule has 2 aromatic heterocycles. The minimum absolute atomic E-state index is 0.0700. The number of rotatable bonds is 10. The van der Waals surface area contributed by atoms with E-state index < -0.39 is 0 Å². The van der Waals surface area contributed by atoms with Crippen molar-refractivity contribution < 1.29 is 13.5 Å². The summed E-state index contributed by atoms with van der Waals surface area (Å²) in [5, 5.41) is 2.22. The monoisotopic (exact) mass is 939 g/mol. The highest BCUT2D eigenvalue weighted by molar-refractivity contribution is 6.09. The number of nitrogens with zero attached hydrogens (tertiary/aromatic N) is 5. The molecule has 72 heavy (non-hydrogen) atoms. The number of ether oxygens (including phenoxy) is 1. The number of halogens is 2. The van der Waals surface area contributed by atoms with Crippen molar-refractivity contribution in [3.05, 3.63) is 248 Å². The third-order valence-electron chi connectivity index (χ3n) is 13.3. The lowest BCUT2D eigenvalue weighted by Gasteiger charge is -2.25. The van der Waals surface area contributed by atoms with E-state index in [0.717, 1.165) is 89.7 Å². The van der Waals surface area contributed by atoms with Crippen molar-refractivity contribution >= 4 is 67.6 Å². The van der Waals surface area contributed by atoms with Gasteiger partial charge in [0.25, 0.3) is 11.4 Å². The van der Waals surface area contributed by atoms with Crippen LogP contribution in [0.15, 0.2) is 231 Å². The van der Waals surface area contributed by atoms with Crippen LogP contribution in [0.4, 0.5) is 48.6 Å². The summed E-state index contributed by atoms with van der Waals surface area (Å²) in [5.41, 5.74) is 12.6. The van der Waals surface area contributed by atoms with Crippen LogP contribution in [0.1, 0.15) is 26.3 Å². The number of hydrogen-bond donors (Lipinski definition) is 0. The smallest absolute Gasteiger partial charge is 0.457 e. The number of para-hydroxylation sites is 6. The van der Waals surface area contributed by atoms with Gasteiger partial charge in [-0.3, -0.25) is 4.57 Å². The number of aromatic nitrogens is 2. The maximum atomic E-state index is 14.5. The third kappa shape index (κ3) is 8.09. The first-order valence-electron chi connectivity index (χ1n) is 24.0. The van der Waals surface area contributed by atoms with E-state index in [0.29, 0.717) is 11.5 Å². The molecular formula is C64H47F2N5O+2. The summed E-state index contributed by atoms with van der Waals surface area (Å²) in [6, 6.07) is 76.9. The molecule has 346 valence electrons. The number of anilines is 3. The van der Waals surface area contributed by atoms with Gasteiger partial charge in [0.2, 0.25) is 11.4 Å². The van der Waals surface area contributed by atoms with E-state index in [1.54, 1.807) is 24.3 Å². The normalized spacial score (nSPS) is 12.2. The molecule has 1 aliphatic rings. The fourth-order valence-corrected chi connectivity index (χ4v) is 9.82. The summed E-state index contributed by atoms with van der Waals surface area (Å²) in [6.45, 7) is 6.65. The van der Waals surface area contributed by atoms with Gasteiger partial charge in [0.1, 0.15) is 29.0 Å². The molecule has 0 aliphatic carbocycles. The van der Waals surface area contributed by atoms with Crippen LogP contribution in [0.2, 0.25) is 0 Å². The molecule has 0 N–H and O–H groups in total. The Morgan fingerprint density at radius 1 is 0.500 bits per heavy atom. The summed E-state index contributed by atoms with van der Waals surface area (Å²) >= 11 is 0. The van der Waals surface area contributed by atoms with Crippen molar-refractivity contribution in [2.45, 2.75) is 26.2 Å². The van der Waals surface area contributed by atoms with E-state index in [1.165, 1.54) is 29.8 Å². The molecule has 0 spiro atoms. The third-order valence-corrected chi connectivity index (χ3v) is 13.3. The fraction of sp³-hybridized carbons (Fsp3) is 0.0625. The maximum absolute atomic E-state index is 14.5. The van der Waals surface area contributed by atoms with E-state index in [4.69, 9.17) is 9.72 Å². The zero-order chi connectivity index (χ0) is 48.9. The van der Waals surface area contributed by atoms with Gasteiger partial charge in [-0.2, -0.15) is 0 Å². The highest BCUT2D eigenvalue weighted by Gasteiger charge is 2.40. The number of fused-ring (bicyclic) bond motifs is 4. The number of pyridine rings is 1. The van der Waals surface area contributed by atoms with E-state index in [-0.39, 0.29) is 17.0 Å². The Labute approximate surface area is 416 Å². The molecule has 8 heteroatoms. The Morgan fingerprint density at radius 2 is 1.08 bits per heavy atom. The second kappa shape index (κ2) is 17.9. The molecule has 12 rings (SSSR count). The van der Waals surface area contributed by atoms with Crippen LogP contribution in [-0.2, 0) is 5.41 Å². The van der Waals surface area contributed by atoms with Crippen LogP contribution in [0.3, 0.4) is 0 Å². The molecule has 1 aliphatic heterocycles. The van der Waals surface area contributed by atoms with E-state index in [9.17, 15) is 8.78 Å². The average Bonchev–Trinajstić information content (AvgIpc) is 3.95. The molecule has 9 aromatic carbocycles. The Bertz CT molecular complexity index is 3830. The minimum atomic E-state index is -0.325. The zero-order valence-electron chi connectivity index (χ0n) is 39.8. The van der Waals surface area contributed by atoms with Crippen molar-refractivity contribution in [1.82, 2.24) is 18.7 Å².